The van der Waals surface area contributed by atoms with E-state index in [0.29, 0.717) is 5.92 Å². The summed E-state index contributed by atoms with van der Waals surface area (Å²) in [5.41, 5.74) is 35.9. The van der Waals surface area contributed by atoms with Crippen molar-refractivity contribution in [3.63, 3.8) is 0 Å². The van der Waals surface area contributed by atoms with Crippen molar-refractivity contribution in [3.8, 4) is 89.0 Å². The van der Waals surface area contributed by atoms with Gasteiger partial charge in [0.2, 0.25) is 0 Å². The molecule has 13 rings (SSSR count). The molecule has 0 amide bonds. The fourth-order valence-corrected chi connectivity index (χ4v) is 14.7. The Morgan fingerprint density at radius 2 is 0.564 bits per heavy atom. The minimum Gasteiger partial charge on any atom is -0.0625 e. The average molecular weight is 1020 g/mol. The van der Waals surface area contributed by atoms with E-state index in [4.69, 9.17) is 0 Å². The highest BCUT2D eigenvalue weighted by Gasteiger charge is 2.41. The first kappa shape index (κ1) is 50.5. The standard InChI is InChI=1S/C78H78/c1-45(2)35-46-21-28-54-56-30-23-48(38-68(56)76(11,12)66(54)36-46)62-43-61(47-22-29-55-53-19-17-18-20-65(53)75(9,10)67(55)37-47)63(49-24-31-57-59-33-26-51(73(3,4)5)41-71(59)77(13,14)69(57)39-49)44-64(62)50-25-32-58-60-34-27-52(74(6,7)8)42-72(60)78(15,16)70(58)40-50/h17-34,36-45H,35H2,1-16H3. The molecule has 0 spiro atoms. The molecule has 0 radical (unpaired) electrons. The quantitative estimate of drug-likeness (QED) is 0.156. The molecule has 4 aliphatic carbocycles. The lowest BCUT2D eigenvalue weighted by Gasteiger charge is -2.26. The lowest BCUT2D eigenvalue weighted by Crippen LogP contribution is -2.17. The molecule has 0 atom stereocenters. The van der Waals surface area contributed by atoms with Crippen LogP contribution in [0.5, 0.6) is 0 Å². The van der Waals surface area contributed by atoms with Crippen LogP contribution < -0.4 is 0 Å². The predicted molar refractivity (Wildman–Crippen MR) is 334 cm³/mol. The van der Waals surface area contributed by atoms with Gasteiger partial charge in [-0.1, -0.05) is 238 Å². The van der Waals surface area contributed by atoms with Gasteiger partial charge in [0, 0.05) is 21.7 Å². The summed E-state index contributed by atoms with van der Waals surface area (Å²) in [5.74, 6) is 0.602. The summed E-state index contributed by atoms with van der Waals surface area (Å²) in [6, 6.07) is 65.6. The first-order chi connectivity index (χ1) is 36.7. The minimum absolute atomic E-state index is 0.0593. The minimum atomic E-state index is -0.176. The van der Waals surface area contributed by atoms with E-state index in [9.17, 15) is 0 Å². The van der Waals surface area contributed by atoms with E-state index in [1.54, 1.807) is 0 Å². The van der Waals surface area contributed by atoms with Crippen LogP contribution in [0.3, 0.4) is 0 Å². The van der Waals surface area contributed by atoms with Crippen molar-refractivity contribution in [1.29, 1.82) is 0 Å². The van der Waals surface area contributed by atoms with E-state index in [0.717, 1.165) is 6.42 Å². The maximum absolute atomic E-state index is 2.59. The highest BCUT2D eigenvalue weighted by atomic mass is 14.4. The Morgan fingerprint density at radius 3 is 0.910 bits per heavy atom. The van der Waals surface area contributed by atoms with Crippen LogP contribution in [0.4, 0.5) is 0 Å². The first-order valence-corrected chi connectivity index (χ1v) is 29.1. The van der Waals surface area contributed by atoms with Crippen molar-refractivity contribution in [2.45, 2.75) is 150 Å². The molecule has 390 valence electrons. The second-order valence-corrected chi connectivity index (χ2v) is 28.5. The number of benzene rings is 9. The molecule has 0 heterocycles. The van der Waals surface area contributed by atoms with Gasteiger partial charge in [-0.25, -0.2) is 0 Å². The number of fused-ring (bicyclic) bond motifs is 12. The summed E-state index contributed by atoms with van der Waals surface area (Å²) in [6.45, 7) is 38.1. The third-order valence-corrected chi connectivity index (χ3v) is 19.5. The summed E-state index contributed by atoms with van der Waals surface area (Å²) in [7, 11) is 0. The number of hydrogen-bond donors (Lipinski definition) is 0. The van der Waals surface area contributed by atoms with Gasteiger partial charge < -0.3 is 0 Å². The van der Waals surface area contributed by atoms with Gasteiger partial charge in [0.25, 0.3) is 0 Å². The van der Waals surface area contributed by atoms with E-state index in [1.807, 2.05) is 0 Å². The zero-order valence-electron chi connectivity index (χ0n) is 49.4. The molecule has 0 heteroatoms. The van der Waals surface area contributed by atoms with Crippen LogP contribution >= 0.6 is 0 Å². The van der Waals surface area contributed by atoms with Crippen LogP contribution in [0.15, 0.2) is 164 Å². The zero-order chi connectivity index (χ0) is 55.0. The van der Waals surface area contributed by atoms with Gasteiger partial charge in [0.05, 0.1) is 0 Å². The summed E-state index contributed by atoms with van der Waals surface area (Å²) in [6.07, 6.45) is 1.09. The average Bonchev–Trinajstić information content (AvgIpc) is 4.21. The van der Waals surface area contributed by atoms with Crippen molar-refractivity contribution in [2.24, 2.45) is 5.92 Å². The lowest BCUT2D eigenvalue weighted by atomic mass is 9.77. The van der Waals surface area contributed by atoms with Crippen LogP contribution in [0.25, 0.3) is 89.0 Å². The molecule has 9 aromatic carbocycles. The molecule has 0 bridgehead atoms. The summed E-state index contributed by atoms with van der Waals surface area (Å²) in [4.78, 5) is 0. The normalized spacial score (nSPS) is 16.3. The summed E-state index contributed by atoms with van der Waals surface area (Å²) in [5, 5.41) is 0. The molecular formula is C78H78. The molecule has 9 aromatic rings. The molecular weight excluding hydrogens is 937 g/mol. The van der Waals surface area contributed by atoms with E-state index in [-0.39, 0.29) is 32.5 Å². The van der Waals surface area contributed by atoms with Crippen molar-refractivity contribution in [2.75, 3.05) is 0 Å². The SMILES string of the molecule is CC(C)Cc1ccc2c(c1)C(C)(C)c1cc(-c3cc(-c4ccc5c(c4)C(C)(C)c4ccccc4-5)c(-c4ccc5c(c4)C(C)(C)c4cc(C(C)(C)C)ccc4-5)cc3-c3ccc4c(c3)C(C)(C)c3cc(C(C)(C)C)ccc3-4)ccc1-2. The molecule has 0 unspecified atom stereocenters. The highest BCUT2D eigenvalue weighted by Crippen LogP contribution is 2.57. The Labute approximate surface area is 467 Å². The van der Waals surface area contributed by atoms with Crippen LogP contribution in [0.1, 0.15) is 172 Å². The van der Waals surface area contributed by atoms with E-state index < -0.39 is 0 Å². The smallest absolute Gasteiger partial charge is 0.0159 e. The zero-order valence-corrected chi connectivity index (χ0v) is 49.4. The van der Waals surface area contributed by atoms with Crippen molar-refractivity contribution in [1.82, 2.24) is 0 Å². The second-order valence-electron chi connectivity index (χ2n) is 28.5. The largest absolute Gasteiger partial charge is 0.0625 e. The maximum atomic E-state index is 2.59. The second kappa shape index (κ2) is 16.8. The molecule has 4 aliphatic rings. The third kappa shape index (κ3) is 7.44. The molecule has 0 saturated heterocycles. The third-order valence-electron chi connectivity index (χ3n) is 19.5. The van der Waals surface area contributed by atoms with Crippen molar-refractivity contribution >= 4 is 0 Å². The molecule has 0 N–H and O–H groups in total. The Morgan fingerprint density at radius 1 is 0.282 bits per heavy atom. The number of rotatable bonds is 6. The fourth-order valence-electron chi connectivity index (χ4n) is 14.7. The summed E-state index contributed by atoms with van der Waals surface area (Å²) >= 11 is 0. The molecule has 78 heavy (non-hydrogen) atoms. The molecule has 0 nitrogen and oxygen atoms in total. The van der Waals surface area contributed by atoms with E-state index >= 15 is 0 Å². The van der Waals surface area contributed by atoms with Gasteiger partial charge >= 0.3 is 0 Å². The lowest BCUT2D eigenvalue weighted by molar-refractivity contribution is 0.584. The van der Waals surface area contributed by atoms with Gasteiger partial charge in [0.15, 0.2) is 0 Å². The fraction of sp³-hybridized carbons (Fsp3) is 0.308. The Balaban J connectivity index is 1.07. The summed E-state index contributed by atoms with van der Waals surface area (Å²) < 4.78 is 0. The van der Waals surface area contributed by atoms with Gasteiger partial charge in [-0.15, -0.1) is 0 Å². The maximum Gasteiger partial charge on any atom is 0.0159 e. The molecule has 0 saturated carbocycles. The molecule has 0 aliphatic heterocycles. The van der Waals surface area contributed by atoms with Crippen LogP contribution in [0.2, 0.25) is 0 Å². The van der Waals surface area contributed by atoms with Crippen LogP contribution in [-0.2, 0) is 38.9 Å². The van der Waals surface area contributed by atoms with Gasteiger partial charge in [-0.2, -0.15) is 0 Å². The van der Waals surface area contributed by atoms with Crippen molar-refractivity contribution < 1.29 is 0 Å². The van der Waals surface area contributed by atoms with Gasteiger partial charge in [-0.05, 0) is 210 Å². The predicted octanol–water partition coefficient (Wildman–Crippen LogP) is 21.4. The topological polar surface area (TPSA) is 0 Å². The van der Waals surface area contributed by atoms with Gasteiger partial charge in [-0.3, -0.25) is 0 Å². The Kier molecular flexibility index (Phi) is 10.8. The highest BCUT2D eigenvalue weighted by molar-refractivity contribution is 5.99. The number of hydrogen-bond acceptors (Lipinski definition) is 0. The van der Waals surface area contributed by atoms with Crippen molar-refractivity contribution in [3.05, 3.63) is 225 Å². The monoisotopic (exact) mass is 1010 g/mol. The molecule has 0 aromatic heterocycles. The van der Waals surface area contributed by atoms with Gasteiger partial charge in [0.1, 0.15) is 0 Å². The first-order valence-electron chi connectivity index (χ1n) is 29.1. The molecule has 0 fully saturated rings. The van der Waals surface area contributed by atoms with E-state index in [2.05, 4.69) is 275 Å². The van der Waals surface area contributed by atoms with Crippen LogP contribution in [0, 0.1) is 5.92 Å². The Bertz CT molecular complexity index is 4030. The van der Waals surface area contributed by atoms with E-state index in [1.165, 1.54) is 150 Å². The Hall–Kier alpha value is -7.02. The van der Waals surface area contributed by atoms with Crippen LogP contribution in [-0.4, -0.2) is 0 Å².